The highest BCUT2D eigenvalue weighted by atomic mass is 14.8. The van der Waals surface area contributed by atoms with Gasteiger partial charge in [0.15, 0.2) is 0 Å². The highest BCUT2D eigenvalue weighted by Crippen LogP contribution is 2.11. The van der Waals surface area contributed by atoms with Crippen LogP contribution in [0, 0.1) is 13.8 Å². The summed E-state index contributed by atoms with van der Waals surface area (Å²) in [5.74, 6) is 0. The number of hydrogen-bond donors (Lipinski definition) is 0. The highest BCUT2D eigenvalue weighted by molar-refractivity contribution is 5.59. The lowest BCUT2D eigenvalue weighted by Gasteiger charge is -2.02. The molecule has 0 saturated heterocycles. The molecule has 1 aromatic rings. The van der Waals surface area contributed by atoms with Crippen LogP contribution in [-0.4, -0.2) is 9.97 Å². The molecule has 0 aromatic carbocycles. The Balaban J connectivity index is 3.23. The molecule has 0 fully saturated rings. The first-order valence-corrected chi connectivity index (χ1v) is 3.57. The van der Waals surface area contributed by atoms with Gasteiger partial charge in [-0.05, 0) is 26.3 Å². The van der Waals surface area contributed by atoms with Crippen molar-refractivity contribution in [3.63, 3.8) is 0 Å². The summed E-state index contributed by atoms with van der Waals surface area (Å²) in [4.78, 5) is 8.49. The number of aryl methyl sites for hydroxylation is 2. The van der Waals surface area contributed by atoms with Crippen molar-refractivity contribution in [2.45, 2.75) is 20.8 Å². The molecule has 0 unspecified atom stereocenters. The first-order chi connectivity index (χ1) is 5.11. The Labute approximate surface area is 67.0 Å². The van der Waals surface area contributed by atoms with Gasteiger partial charge in [-0.1, -0.05) is 6.58 Å². The van der Waals surface area contributed by atoms with E-state index in [0.29, 0.717) is 0 Å². The minimum absolute atomic E-state index is 0.921. The molecule has 0 aliphatic heterocycles. The van der Waals surface area contributed by atoms with Gasteiger partial charge in [-0.2, -0.15) is 0 Å². The Hall–Kier alpha value is -1.18. The number of nitrogens with zero attached hydrogens (tertiary/aromatic N) is 2. The van der Waals surface area contributed by atoms with Gasteiger partial charge in [0.05, 0.1) is 17.1 Å². The molecule has 0 spiro atoms. The summed E-state index contributed by atoms with van der Waals surface area (Å²) in [6.45, 7) is 9.64. The molecule has 0 bridgehead atoms. The molecule has 58 valence electrons. The summed E-state index contributed by atoms with van der Waals surface area (Å²) in [7, 11) is 0. The van der Waals surface area contributed by atoms with Gasteiger partial charge in [-0.25, -0.2) is 4.98 Å². The lowest BCUT2D eigenvalue weighted by molar-refractivity contribution is 1.04. The van der Waals surface area contributed by atoms with E-state index in [1.807, 2.05) is 20.8 Å². The van der Waals surface area contributed by atoms with E-state index in [0.717, 1.165) is 22.7 Å². The highest BCUT2D eigenvalue weighted by Gasteiger charge is 2.00. The van der Waals surface area contributed by atoms with Crippen molar-refractivity contribution < 1.29 is 0 Å². The van der Waals surface area contributed by atoms with Crippen molar-refractivity contribution in [3.8, 4) is 0 Å². The largest absolute Gasteiger partial charge is 0.257 e. The molecule has 0 atom stereocenters. The molecule has 0 N–H and O–H groups in total. The summed E-state index contributed by atoms with van der Waals surface area (Å²) < 4.78 is 0. The van der Waals surface area contributed by atoms with E-state index in [2.05, 4.69) is 16.5 Å². The van der Waals surface area contributed by atoms with Crippen LogP contribution in [0.4, 0.5) is 0 Å². The average molecular weight is 148 g/mol. The van der Waals surface area contributed by atoms with Crippen LogP contribution in [-0.2, 0) is 0 Å². The second kappa shape index (κ2) is 2.82. The second-order valence-electron chi connectivity index (χ2n) is 2.73. The second-order valence-corrected chi connectivity index (χ2v) is 2.73. The van der Waals surface area contributed by atoms with Gasteiger partial charge >= 0.3 is 0 Å². The van der Waals surface area contributed by atoms with E-state index in [1.54, 1.807) is 6.20 Å². The molecule has 0 amide bonds. The zero-order valence-corrected chi connectivity index (χ0v) is 7.18. The van der Waals surface area contributed by atoms with Crippen molar-refractivity contribution in [3.05, 3.63) is 29.9 Å². The van der Waals surface area contributed by atoms with Crippen molar-refractivity contribution in [2.24, 2.45) is 0 Å². The van der Waals surface area contributed by atoms with Crippen LogP contribution in [0.1, 0.15) is 24.0 Å². The normalized spacial score (nSPS) is 9.73. The molecule has 0 saturated carbocycles. The maximum absolute atomic E-state index is 4.31. The Morgan fingerprint density at radius 2 is 2.09 bits per heavy atom. The number of aromatic nitrogens is 2. The molecule has 1 aromatic heterocycles. The average Bonchev–Trinajstić information content (AvgIpc) is 1.94. The Kier molecular flexibility index (Phi) is 2.03. The standard InChI is InChI=1S/C9H12N2/c1-6(2)9-8(4)10-5-7(3)11-9/h5H,1H2,2-4H3. The summed E-state index contributed by atoms with van der Waals surface area (Å²) in [5.41, 5.74) is 3.78. The van der Waals surface area contributed by atoms with E-state index in [1.165, 1.54) is 0 Å². The van der Waals surface area contributed by atoms with E-state index in [-0.39, 0.29) is 0 Å². The van der Waals surface area contributed by atoms with E-state index < -0.39 is 0 Å². The van der Waals surface area contributed by atoms with Crippen molar-refractivity contribution in [1.29, 1.82) is 0 Å². The van der Waals surface area contributed by atoms with Crippen molar-refractivity contribution >= 4 is 5.57 Å². The Morgan fingerprint density at radius 3 is 2.55 bits per heavy atom. The molecular formula is C9H12N2. The Morgan fingerprint density at radius 1 is 1.45 bits per heavy atom. The van der Waals surface area contributed by atoms with Crippen molar-refractivity contribution in [1.82, 2.24) is 9.97 Å². The van der Waals surface area contributed by atoms with Gasteiger partial charge in [-0.3, -0.25) is 4.98 Å². The van der Waals surface area contributed by atoms with Crippen LogP contribution in [0.15, 0.2) is 12.8 Å². The van der Waals surface area contributed by atoms with E-state index >= 15 is 0 Å². The molecule has 0 aliphatic rings. The van der Waals surface area contributed by atoms with Crippen LogP contribution in [0.25, 0.3) is 5.57 Å². The molecule has 11 heavy (non-hydrogen) atoms. The molecule has 0 aliphatic carbocycles. The van der Waals surface area contributed by atoms with Crippen LogP contribution >= 0.6 is 0 Å². The third kappa shape index (κ3) is 1.64. The van der Waals surface area contributed by atoms with Crippen LogP contribution in [0.2, 0.25) is 0 Å². The topological polar surface area (TPSA) is 25.8 Å². The van der Waals surface area contributed by atoms with E-state index in [4.69, 9.17) is 0 Å². The van der Waals surface area contributed by atoms with Gasteiger partial charge in [0.25, 0.3) is 0 Å². The minimum atomic E-state index is 0.921. The smallest absolute Gasteiger partial charge is 0.0868 e. The quantitative estimate of drug-likeness (QED) is 0.609. The molecule has 1 heterocycles. The summed E-state index contributed by atoms with van der Waals surface area (Å²) in [5, 5.41) is 0. The minimum Gasteiger partial charge on any atom is -0.257 e. The maximum atomic E-state index is 4.31. The third-order valence-corrected chi connectivity index (χ3v) is 1.48. The first kappa shape index (κ1) is 7.92. The predicted molar refractivity (Wildman–Crippen MR) is 46.2 cm³/mol. The lowest BCUT2D eigenvalue weighted by atomic mass is 10.2. The van der Waals surface area contributed by atoms with Gasteiger partial charge in [0.2, 0.25) is 0 Å². The van der Waals surface area contributed by atoms with Crippen LogP contribution in [0.3, 0.4) is 0 Å². The number of allylic oxidation sites excluding steroid dienone is 1. The van der Waals surface area contributed by atoms with Gasteiger partial charge in [-0.15, -0.1) is 0 Å². The van der Waals surface area contributed by atoms with Gasteiger partial charge < -0.3 is 0 Å². The lowest BCUT2D eigenvalue weighted by Crippen LogP contribution is -1.95. The summed E-state index contributed by atoms with van der Waals surface area (Å²) in [6, 6.07) is 0. The fourth-order valence-electron chi connectivity index (χ4n) is 0.942. The first-order valence-electron chi connectivity index (χ1n) is 3.57. The molecule has 2 nitrogen and oxygen atoms in total. The van der Waals surface area contributed by atoms with Gasteiger partial charge in [0, 0.05) is 6.20 Å². The zero-order chi connectivity index (χ0) is 8.43. The maximum Gasteiger partial charge on any atom is 0.0868 e. The molecule has 0 radical (unpaired) electrons. The number of rotatable bonds is 1. The predicted octanol–water partition coefficient (Wildman–Crippen LogP) is 2.13. The van der Waals surface area contributed by atoms with Crippen molar-refractivity contribution in [2.75, 3.05) is 0 Å². The van der Waals surface area contributed by atoms with Gasteiger partial charge in [0.1, 0.15) is 0 Å². The number of hydrogen-bond acceptors (Lipinski definition) is 2. The van der Waals surface area contributed by atoms with Crippen LogP contribution < -0.4 is 0 Å². The fraction of sp³-hybridized carbons (Fsp3) is 0.333. The van der Waals surface area contributed by atoms with Crippen LogP contribution in [0.5, 0.6) is 0 Å². The fourth-order valence-corrected chi connectivity index (χ4v) is 0.942. The molecule has 2 heteroatoms. The van der Waals surface area contributed by atoms with E-state index in [9.17, 15) is 0 Å². The monoisotopic (exact) mass is 148 g/mol. The third-order valence-electron chi connectivity index (χ3n) is 1.48. The molecule has 1 rings (SSSR count). The summed E-state index contributed by atoms with van der Waals surface area (Å²) in [6.07, 6.45) is 1.77. The molecular weight excluding hydrogens is 136 g/mol. The summed E-state index contributed by atoms with van der Waals surface area (Å²) >= 11 is 0. The zero-order valence-electron chi connectivity index (χ0n) is 7.18. The SMILES string of the molecule is C=C(C)c1nc(C)cnc1C. The Bertz CT molecular complexity index is 290.